The first kappa shape index (κ1) is 22.7. The number of aryl methyl sites for hydroxylation is 1. The lowest BCUT2D eigenvalue weighted by Crippen LogP contribution is -1.85. The van der Waals surface area contributed by atoms with Crippen LogP contribution in [0.2, 0.25) is 0 Å². The molecule has 0 fully saturated rings. The van der Waals surface area contributed by atoms with Gasteiger partial charge in [0.05, 0.1) is 0 Å². The molecule has 0 nitrogen and oxygen atoms in total. The van der Waals surface area contributed by atoms with Gasteiger partial charge in [0.2, 0.25) is 0 Å². The summed E-state index contributed by atoms with van der Waals surface area (Å²) in [6.07, 6.45) is 25.4. The second kappa shape index (κ2) is 15.4. The molecule has 0 aromatic heterocycles. The lowest BCUT2D eigenvalue weighted by molar-refractivity contribution is 0.557. The van der Waals surface area contributed by atoms with Crippen LogP contribution >= 0.6 is 0 Å². The Balaban J connectivity index is 1.40. The fraction of sp³-hybridized carbons (Fsp3) is 0.571. The maximum atomic E-state index is 2.42. The van der Waals surface area contributed by atoms with Gasteiger partial charge < -0.3 is 0 Å². The Labute approximate surface area is 174 Å². The first-order valence-corrected chi connectivity index (χ1v) is 12.0. The molecule has 0 heterocycles. The molecule has 0 saturated carbocycles. The van der Waals surface area contributed by atoms with Gasteiger partial charge in [-0.15, -0.1) is 0 Å². The number of unbranched alkanes of at least 4 members (excludes halogenated alkanes) is 12. The quantitative estimate of drug-likeness (QED) is 0.201. The summed E-state index contributed by atoms with van der Waals surface area (Å²) in [6, 6.07) is 15.6. The summed E-state index contributed by atoms with van der Waals surface area (Å²) in [5.41, 5.74) is 1.48. The van der Waals surface area contributed by atoms with Crippen molar-refractivity contribution < 1.29 is 0 Å². The van der Waals surface area contributed by atoms with E-state index in [1.165, 1.54) is 113 Å². The maximum absolute atomic E-state index is 2.42. The summed E-state index contributed by atoms with van der Waals surface area (Å²) in [6.45, 7) is 2.29. The monoisotopic (exact) mass is 378 g/mol. The van der Waals surface area contributed by atoms with Crippen molar-refractivity contribution in [3.05, 3.63) is 60.2 Å². The van der Waals surface area contributed by atoms with Crippen molar-refractivity contribution in [2.45, 2.75) is 103 Å². The molecule has 0 radical (unpaired) electrons. The van der Waals surface area contributed by atoms with E-state index < -0.39 is 0 Å². The van der Waals surface area contributed by atoms with Crippen LogP contribution in [-0.4, -0.2) is 0 Å². The second-order valence-electron chi connectivity index (χ2n) is 8.37. The van der Waals surface area contributed by atoms with Gasteiger partial charge in [-0.2, -0.15) is 0 Å². The molecule has 0 atom stereocenters. The number of rotatable bonds is 16. The number of hydrogen-bond donors (Lipinski definition) is 0. The first-order chi connectivity index (χ1) is 13.9. The molecule has 2 aromatic carbocycles. The molecular formula is C28H42. The van der Waals surface area contributed by atoms with Crippen molar-refractivity contribution >= 4 is 10.8 Å². The second-order valence-corrected chi connectivity index (χ2v) is 8.37. The zero-order chi connectivity index (χ0) is 19.7. The van der Waals surface area contributed by atoms with Crippen LogP contribution in [0.4, 0.5) is 0 Å². The predicted octanol–water partition coefficient (Wildman–Crippen LogP) is 9.42. The third kappa shape index (κ3) is 10.1. The van der Waals surface area contributed by atoms with Crippen molar-refractivity contribution in [3.63, 3.8) is 0 Å². The summed E-state index contributed by atoms with van der Waals surface area (Å²) < 4.78 is 0. The Morgan fingerprint density at radius 3 is 1.82 bits per heavy atom. The fourth-order valence-corrected chi connectivity index (χ4v) is 3.97. The minimum atomic E-state index is 1.21. The summed E-state index contributed by atoms with van der Waals surface area (Å²) in [5.74, 6) is 0. The lowest BCUT2D eigenvalue weighted by atomic mass is 10.0. The molecule has 154 valence electrons. The average Bonchev–Trinajstić information content (AvgIpc) is 2.73. The van der Waals surface area contributed by atoms with Gasteiger partial charge in [-0.05, 0) is 54.9 Å². The molecule has 0 aliphatic rings. The number of hydrogen-bond acceptors (Lipinski definition) is 0. The molecule has 0 aliphatic heterocycles. The zero-order valence-corrected chi connectivity index (χ0v) is 18.3. The van der Waals surface area contributed by atoms with Crippen LogP contribution in [0.5, 0.6) is 0 Å². The summed E-state index contributed by atoms with van der Waals surface area (Å²) in [4.78, 5) is 0. The smallest absolute Gasteiger partial charge is 0.0181 e. The highest BCUT2D eigenvalue weighted by Crippen LogP contribution is 2.17. The third-order valence-corrected chi connectivity index (χ3v) is 5.79. The highest BCUT2D eigenvalue weighted by Gasteiger charge is 1.96. The Morgan fingerprint density at radius 1 is 0.571 bits per heavy atom. The number of allylic oxidation sites excluding steroid dienone is 2. The molecular weight excluding hydrogens is 336 g/mol. The molecule has 0 N–H and O–H groups in total. The van der Waals surface area contributed by atoms with E-state index in [0.717, 1.165) is 0 Å². The van der Waals surface area contributed by atoms with Gasteiger partial charge in [-0.25, -0.2) is 0 Å². The van der Waals surface area contributed by atoms with Gasteiger partial charge >= 0.3 is 0 Å². The van der Waals surface area contributed by atoms with Gasteiger partial charge in [-0.1, -0.05) is 119 Å². The molecule has 0 amide bonds. The van der Waals surface area contributed by atoms with Crippen molar-refractivity contribution in [2.24, 2.45) is 0 Å². The van der Waals surface area contributed by atoms with Gasteiger partial charge in [-0.3, -0.25) is 0 Å². The third-order valence-electron chi connectivity index (χ3n) is 5.79. The largest absolute Gasteiger partial charge is 0.0885 e. The minimum Gasteiger partial charge on any atom is -0.0885 e. The maximum Gasteiger partial charge on any atom is -0.0181 e. The fourth-order valence-electron chi connectivity index (χ4n) is 3.97. The molecule has 28 heavy (non-hydrogen) atoms. The van der Waals surface area contributed by atoms with E-state index in [9.17, 15) is 0 Å². The molecule has 0 bridgehead atoms. The number of benzene rings is 2. The van der Waals surface area contributed by atoms with Gasteiger partial charge in [0.15, 0.2) is 0 Å². The summed E-state index contributed by atoms with van der Waals surface area (Å²) in [7, 11) is 0. The Hall–Kier alpha value is -1.56. The van der Waals surface area contributed by atoms with E-state index in [0.29, 0.717) is 0 Å². The lowest BCUT2D eigenvalue weighted by Gasteiger charge is -2.03. The first-order valence-electron chi connectivity index (χ1n) is 12.0. The molecule has 0 saturated heterocycles. The van der Waals surface area contributed by atoms with Gasteiger partial charge in [0.25, 0.3) is 0 Å². The van der Waals surface area contributed by atoms with Crippen LogP contribution in [0.1, 0.15) is 102 Å². The highest BCUT2D eigenvalue weighted by molar-refractivity contribution is 5.82. The highest BCUT2D eigenvalue weighted by atomic mass is 14.0. The van der Waals surface area contributed by atoms with Crippen molar-refractivity contribution in [2.75, 3.05) is 0 Å². The van der Waals surface area contributed by atoms with Crippen molar-refractivity contribution in [3.8, 4) is 0 Å². The van der Waals surface area contributed by atoms with Crippen LogP contribution in [0.25, 0.3) is 10.8 Å². The average molecular weight is 379 g/mol. The SMILES string of the molecule is CCCCCCCCCCCC/C=C/CCCCc1ccc2ccccc2c1. The summed E-state index contributed by atoms with van der Waals surface area (Å²) >= 11 is 0. The molecule has 2 aromatic rings. The van der Waals surface area contributed by atoms with E-state index >= 15 is 0 Å². The minimum absolute atomic E-state index is 1.21. The van der Waals surface area contributed by atoms with Gasteiger partial charge in [0.1, 0.15) is 0 Å². The normalized spacial score (nSPS) is 11.6. The topological polar surface area (TPSA) is 0 Å². The Bertz CT molecular complexity index is 652. The van der Waals surface area contributed by atoms with E-state index in [4.69, 9.17) is 0 Å². The summed E-state index contributed by atoms with van der Waals surface area (Å²) in [5, 5.41) is 2.72. The van der Waals surface area contributed by atoms with Gasteiger partial charge in [0, 0.05) is 0 Å². The Kier molecular flexibility index (Phi) is 12.5. The van der Waals surface area contributed by atoms with E-state index in [1.54, 1.807) is 0 Å². The Morgan fingerprint density at radius 2 is 1.14 bits per heavy atom. The molecule has 0 unspecified atom stereocenters. The van der Waals surface area contributed by atoms with E-state index in [2.05, 4.69) is 61.5 Å². The molecule has 0 spiro atoms. The van der Waals surface area contributed by atoms with Crippen LogP contribution in [0.15, 0.2) is 54.6 Å². The molecule has 0 aliphatic carbocycles. The van der Waals surface area contributed by atoms with E-state index in [1.807, 2.05) is 0 Å². The molecule has 2 rings (SSSR count). The van der Waals surface area contributed by atoms with Crippen molar-refractivity contribution in [1.29, 1.82) is 0 Å². The van der Waals surface area contributed by atoms with Crippen LogP contribution in [0.3, 0.4) is 0 Å². The van der Waals surface area contributed by atoms with Crippen LogP contribution in [0, 0.1) is 0 Å². The number of fused-ring (bicyclic) bond motifs is 1. The van der Waals surface area contributed by atoms with Crippen molar-refractivity contribution in [1.82, 2.24) is 0 Å². The predicted molar refractivity (Wildman–Crippen MR) is 127 cm³/mol. The van der Waals surface area contributed by atoms with Crippen LogP contribution in [-0.2, 0) is 6.42 Å². The van der Waals surface area contributed by atoms with E-state index in [-0.39, 0.29) is 0 Å². The molecule has 0 heteroatoms. The van der Waals surface area contributed by atoms with Crippen LogP contribution < -0.4 is 0 Å². The standard InChI is InChI=1S/C28H42/c1-2-3-4-5-6-7-8-9-10-11-12-13-14-15-16-17-20-26-23-24-27-21-18-19-22-28(27)25-26/h13-14,18-19,21-25H,2-12,15-17,20H2,1H3/b14-13+. The zero-order valence-electron chi connectivity index (χ0n) is 18.3.